The molecule has 13 aromatic rings. The van der Waals surface area contributed by atoms with Gasteiger partial charge in [-0.2, -0.15) is 0 Å². The van der Waals surface area contributed by atoms with Crippen LogP contribution >= 0.6 is 11.3 Å². The molecule has 57 heavy (non-hydrogen) atoms. The van der Waals surface area contributed by atoms with Gasteiger partial charge in [-0.1, -0.05) is 48.9 Å². The number of esters is 1. The summed E-state index contributed by atoms with van der Waals surface area (Å²) < 4.78 is 6.58. The zero-order valence-corrected chi connectivity index (χ0v) is 31.8. The molecule has 0 radical (unpaired) electrons. The van der Waals surface area contributed by atoms with Gasteiger partial charge in [-0.3, -0.25) is 4.79 Å². The lowest BCUT2D eigenvalue weighted by Crippen LogP contribution is -2.30. The molecule has 1 spiro atoms. The van der Waals surface area contributed by atoms with Gasteiger partial charge in [-0.25, -0.2) is 0 Å². The van der Waals surface area contributed by atoms with Crippen molar-refractivity contribution in [2.24, 2.45) is 5.41 Å². The molecule has 1 fully saturated rings. The van der Waals surface area contributed by atoms with Crippen molar-refractivity contribution in [1.82, 2.24) is 0 Å². The lowest BCUT2D eigenvalue weighted by atomic mass is 9.70. The van der Waals surface area contributed by atoms with E-state index < -0.39 is 0 Å². The lowest BCUT2D eigenvalue weighted by molar-refractivity contribution is -0.140. The Balaban J connectivity index is 1.11. The molecular formula is C54H28O2S. The molecule has 12 aromatic carbocycles. The summed E-state index contributed by atoms with van der Waals surface area (Å²) in [6.07, 6.45) is 9.44. The third-order valence-corrected chi connectivity index (χ3v) is 19.3. The van der Waals surface area contributed by atoms with Crippen molar-refractivity contribution >= 4 is 141 Å². The van der Waals surface area contributed by atoms with Crippen molar-refractivity contribution in [3.63, 3.8) is 0 Å². The van der Waals surface area contributed by atoms with E-state index in [2.05, 4.69) is 78.1 Å². The van der Waals surface area contributed by atoms with Crippen LogP contribution in [-0.4, -0.2) is 13.1 Å². The van der Waals surface area contributed by atoms with Gasteiger partial charge in [0.25, 0.3) is 0 Å². The summed E-state index contributed by atoms with van der Waals surface area (Å²) >= 11 is 2.06. The van der Waals surface area contributed by atoms with Gasteiger partial charge in [0.2, 0.25) is 0 Å². The summed E-state index contributed by atoms with van der Waals surface area (Å²) in [5.41, 5.74) is 10.9. The van der Waals surface area contributed by atoms with Crippen molar-refractivity contribution in [3.05, 3.63) is 110 Å². The van der Waals surface area contributed by atoms with Gasteiger partial charge in [0.15, 0.2) is 0 Å². The average molecular weight is 741 g/mol. The van der Waals surface area contributed by atoms with Crippen LogP contribution in [-0.2, 0) is 39.6 Å². The number of ether oxygens (including phenoxy) is 1. The minimum atomic E-state index is -0.149. The quantitative estimate of drug-likeness (QED) is 0.0964. The zero-order chi connectivity index (χ0) is 36.1. The fraction of sp³-hybridized carbons (Fsp3) is 0.204. The molecule has 19 rings (SSSR count). The van der Waals surface area contributed by atoms with Crippen LogP contribution in [0.1, 0.15) is 69.5 Å². The molecule has 1 saturated carbocycles. The molecule has 2 nitrogen and oxygen atoms in total. The predicted octanol–water partition coefficient (Wildman–Crippen LogP) is 12.2. The van der Waals surface area contributed by atoms with E-state index in [1.54, 1.807) is 141 Å². The molecule has 0 aliphatic heterocycles. The molecule has 0 saturated heterocycles. The molecule has 0 bridgehead atoms. The maximum atomic E-state index is 12.6. The van der Waals surface area contributed by atoms with E-state index in [0.29, 0.717) is 6.42 Å². The second-order valence-corrected chi connectivity index (χ2v) is 20.5. The number of fused-ring (bicyclic) bond motifs is 1. The monoisotopic (exact) mass is 740 g/mol. The van der Waals surface area contributed by atoms with Gasteiger partial charge in [-0.05, 0) is 214 Å². The summed E-state index contributed by atoms with van der Waals surface area (Å²) in [5.74, 6) is -0.0893. The molecule has 3 unspecified atom stereocenters. The third kappa shape index (κ3) is 2.09. The maximum absolute atomic E-state index is 12.6. The van der Waals surface area contributed by atoms with Crippen molar-refractivity contribution in [3.8, 4) is 0 Å². The summed E-state index contributed by atoms with van der Waals surface area (Å²) in [7, 11) is 1.53. The van der Waals surface area contributed by atoms with Crippen LogP contribution in [0.3, 0.4) is 0 Å². The number of thiophene rings is 1. The van der Waals surface area contributed by atoms with E-state index in [1.165, 1.54) is 33.2 Å². The van der Waals surface area contributed by atoms with E-state index in [9.17, 15) is 4.79 Å². The van der Waals surface area contributed by atoms with Gasteiger partial charge in [0, 0.05) is 32.2 Å². The van der Waals surface area contributed by atoms with E-state index in [-0.39, 0.29) is 22.2 Å². The van der Waals surface area contributed by atoms with Crippen LogP contribution in [0.4, 0.5) is 0 Å². The number of benzene rings is 8. The highest BCUT2D eigenvalue weighted by atomic mass is 32.1. The first-order valence-electron chi connectivity index (χ1n) is 21.2. The average Bonchev–Trinajstić information content (AvgIpc) is 4.01. The van der Waals surface area contributed by atoms with Crippen molar-refractivity contribution in [1.29, 1.82) is 0 Å². The van der Waals surface area contributed by atoms with Crippen molar-refractivity contribution in [2.75, 3.05) is 7.11 Å². The number of hydrogen-bond donors (Lipinski definition) is 0. The Bertz CT molecular complexity index is 4280. The van der Waals surface area contributed by atoms with Crippen LogP contribution in [0.2, 0.25) is 0 Å². The molecule has 6 aliphatic carbocycles. The molecule has 6 aliphatic rings. The number of hydrogen-bond acceptors (Lipinski definition) is 3. The smallest absolute Gasteiger partial charge is 0.305 e. The van der Waals surface area contributed by atoms with Crippen molar-refractivity contribution < 1.29 is 9.53 Å². The van der Waals surface area contributed by atoms with Crippen LogP contribution < -0.4 is 5.22 Å². The van der Waals surface area contributed by atoms with Crippen LogP contribution in [0.15, 0.2) is 60.7 Å². The first-order valence-corrected chi connectivity index (χ1v) is 22.0. The fourth-order valence-electron chi connectivity index (χ4n) is 16.9. The first kappa shape index (κ1) is 27.0. The van der Waals surface area contributed by atoms with Gasteiger partial charge < -0.3 is 4.74 Å². The van der Waals surface area contributed by atoms with Gasteiger partial charge in [0.1, 0.15) is 0 Å². The summed E-state index contributed by atoms with van der Waals surface area (Å²) in [4.78, 5) is 14.1. The molecule has 0 amide bonds. The number of unbranched alkanes of at least 4 members (excludes halogenated alkanes) is 1. The Hall–Kier alpha value is -5.77. The number of carbonyl (C=O) groups excluding carboxylic acids is 1. The molecular weight excluding hydrogens is 713 g/mol. The molecule has 262 valence electrons. The van der Waals surface area contributed by atoms with Gasteiger partial charge in [-0.15, -0.1) is 11.3 Å². The third-order valence-electron chi connectivity index (χ3n) is 18.0. The summed E-state index contributed by atoms with van der Waals surface area (Å²) in [5, 5.41) is 34.5. The topological polar surface area (TPSA) is 26.3 Å². The Morgan fingerprint density at radius 1 is 0.596 bits per heavy atom. The summed E-state index contributed by atoms with van der Waals surface area (Å²) in [6.45, 7) is 0. The lowest BCUT2D eigenvalue weighted by Gasteiger charge is -2.32. The van der Waals surface area contributed by atoms with E-state index in [1.807, 2.05) is 0 Å². The van der Waals surface area contributed by atoms with E-state index in [4.69, 9.17) is 4.74 Å². The fourth-order valence-corrected chi connectivity index (χ4v) is 18.4. The van der Waals surface area contributed by atoms with Crippen LogP contribution in [0, 0.1) is 5.41 Å². The predicted molar refractivity (Wildman–Crippen MR) is 235 cm³/mol. The minimum absolute atomic E-state index is 0.0763. The zero-order valence-electron chi connectivity index (χ0n) is 31.0. The SMILES string of the molecule is COC(=O)CCCCC1(c2cc3ccccc3s2)C23C=c4cc5cc6cc7c8c6c6c5c5c4C21c1c2c(cc4c9c%10c(cc(c%11c%10c%10c(c1c5c6c%10c8%11)c29)C7)C4)C3. The Morgan fingerprint density at radius 3 is 2.02 bits per heavy atom. The maximum Gasteiger partial charge on any atom is 0.305 e. The molecule has 1 aromatic heterocycles. The second-order valence-electron chi connectivity index (χ2n) is 19.4. The summed E-state index contributed by atoms with van der Waals surface area (Å²) in [6, 6.07) is 24.9. The van der Waals surface area contributed by atoms with Crippen LogP contribution in [0.25, 0.3) is 124 Å². The molecule has 3 atom stereocenters. The largest absolute Gasteiger partial charge is 0.469 e. The van der Waals surface area contributed by atoms with Gasteiger partial charge in [0.05, 0.1) is 7.11 Å². The number of rotatable bonds is 6. The molecule has 1 heterocycles. The van der Waals surface area contributed by atoms with E-state index in [0.717, 1.165) is 38.5 Å². The molecule has 0 N–H and O–H groups in total. The standard InChI is InChI=1S/C54H28O2S/c1-56-31(55)8-4-5-9-53(30-17-20-6-2-3-7-29(20)57-30)52-18-27-15-25-13-23-12-24-11-21-10-22-14-26-16-28(19-52)50-48-37(26)41-33(22)32(21)39-36(24)40-34(23)35(25)42-38(27)51(54(50,52)53)49-46(42)44(40)43(39)45(41)47(48)49/h2-3,6-7,10,12,14-17,19H,4-5,8-9,11,13,18H2,1H3. The highest BCUT2D eigenvalue weighted by molar-refractivity contribution is 7.19. The van der Waals surface area contributed by atoms with E-state index >= 15 is 0 Å². The number of carbonyl (C=O) groups is 1. The van der Waals surface area contributed by atoms with Crippen molar-refractivity contribution in [2.45, 2.75) is 55.8 Å². The Morgan fingerprint density at radius 2 is 1.21 bits per heavy atom. The second kappa shape index (κ2) is 7.40. The normalized spacial score (nSPS) is 24.4. The van der Waals surface area contributed by atoms with Crippen LogP contribution in [0.5, 0.6) is 0 Å². The highest BCUT2D eigenvalue weighted by Gasteiger charge is 2.90. The minimum Gasteiger partial charge on any atom is -0.469 e. The number of methoxy groups -OCH3 is 1. The highest BCUT2D eigenvalue weighted by Crippen LogP contribution is 2.91. The Kier molecular flexibility index (Phi) is 3.50. The first-order chi connectivity index (χ1) is 28.1. The van der Waals surface area contributed by atoms with Gasteiger partial charge >= 0.3 is 5.97 Å². The molecule has 3 heteroatoms. The Labute approximate surface area is 327 Å².